The molecule has 0 aliphatic rings. The Bertz CT molecular complexity index is 1090. The van der Waals surface area contributed by atoms with Crippen molar-refractivity contribution in [1.29, 1.82) is 0 Å². The number of nitrogens with one attached hydrogen (secondary N) is 1. The normalized spacial score (nSPS) is 11.2. The summed E-state index contributed by atoms with van der Waals surface area (Å²) in [5, 5.41) is 3.06. The molecule has 0 aliphatic heterocycles. The molecule has 2 aromatic carbocycles. The van der Waals surface area contributed by atoms with E-state index in [1.807, 2.05) is 42.5 Å². The second-order valence-corrected chi connectivity index (χ2v) is 15.7. The topological polar surface area (TPSA) is 56.8 Å². The van der Waals surface area contributed by atoms with Gasteiger partial charge in [-0.2, -0.15) is 0 Å². The van der Waals surface area contributed by atoms with Gasteiger partial charge in [-0.05, 0) is 43.5 Å². The molecule has 0 fully saturated rings. The fourth-order valence-electron chi connectivity index (χ4n) is 7.10. The van der Waals surface area contributed by atoms with Crippen LogP contribution in [-0.4, -0.2) is 25.7 Å². The van der Waals surface area contributed by atoms with Gasteiger partial charge in [0.15, 0.2) is 11.5 Å². The quantitative estimate of drug-likeness (QED) is 0.0695. The first kappa shape index (κ1) is 47.5. The molecule has 5 heteroatoms. The number of hydrogen-bond acceptors (Lipinski definition) is 4. The summed E-state index contributed by atoms with van der Waals surface area (Å²) in [6.07, 6.45) is 38.4. The zero-order valence-corrected chi connectivity index (χ0v) is 35.5. The number of carbonyl (C=O) groups excluding carboxylic acids is 1. The molecule has 54 heavy (non-hydrogen) atoms. The highest BCUT2D eigenvalue weighted by atomic mass is 16.5. The maximum atomic E-state index is 13.5. The van der Waals surface area contributed by atoms with Crippen molar-refractivity contribution in [3.63, 3.8) is 0 Å². The second-order valence-electron chi connectivity index (χ2n) is 15.7. The van der Waals surface area contributed by atoms with Gasteiger partial charge in [0, 0.05) is 11.3 Å². The molecule has 0 aliphatic carbocycles. The van der Waals surface area contributed by atoms with Crippen LogP contribution in [0.5, 0.6) is 17.2 Å². The summed E-state index contributed by atoms with van der Waals surface area (Å²) in [5.74, 6) is 1.73. The highest BCUT2D eigenvalue weighted by Crippen LogP contribution is 2.40. The van der Waals surface area contributed by atoms with Crippen molar-refractivity contribution in [2.45, 2.75) is 213 Å². The molecule has 0 saturated carbocycles. The minimum Gasteiger partial charge on any atom is -0.490 e. The van der Waals surface area contributed by atoms with Gasteiger partial charge in [0.05, 0.1) is 19.8 Å². The molecule has 1 amide bonds. The van der Waals surface area contributed by atoms with Gasteiger partial charge in [-0.15, -0.1) is 0 Å². The lowest BCUT2D eigenvalue weighted by Gasteiger charge is -2.19. The fraction of sp³-hybridized carbons (Fsp3) is 0.735. The molecule has 1 N–H and O–H groups in total. The number of carbonyl (C=O) groups is 1. The fourth-order valence-corrected chi connectivity index (χ4v) is 7.10. The van der Waals surface area contributed by atoms with Gasteiger partial charge in [0.1, 0.15) is 0 Å². The maximum Gasteiger partial charge on any atom is 0.255 e. The van der Waals surface area contributed by atoms with Gasteiger partial charge < -0.3 is 19.5 Å². The van der Waals surface area contributed by atoms with Crippen LogP contribution in [0, 0.1) is 0 Å². The SMILES string of the molecule is CCCCCCCCCCCCOc1cc(C(=O)Nc2ccccc2)cc(OCCCCCCCCCCCC)c1OCCCCCCCCCCCC. The van der Waals surface area contributed by atoms with Gasteiger partial charge >= 0.3 is 0 Å². The summed E-state index contributed by atoms with van der Waals surface area (Å²) in [4.78, 5) is 13.5. The number of anilines is 1. The van der Waals surface area contributed by atoms with E-state index in [4.69, 9.17) is 14.2 Å². The molecule has 0 spiro atoms. The molecule has 5 nitrogen and oxygen atoms in total. The molecule has 0 atom stereocenters. The zero-order chi connectivity index (χ0) is 38.6. The van der Waals surface area contributed by atoms with Crippen molar-refractivity contribution in [1.82, 2.24) is 0 Å². The van der Waals surface area contributed by atoms with Crippen LogP contribution in [0.25, 0.3) is 0 Å². The average molecular weight is 750 g/mol. The average Bonchev–Trinajstić information content (AvgIpc) is 3.18. The van der Waals surface area contributed by atoms with Crippen molar-refractivity contribution in [3.8, 4) is 17.2 Å². The Kier molecular flexibility index (Phi) is 30.6. The van der Waals surface area contributed by atoms with Crippen LogP contribution in [0.1, 0.15) is 224 Å². The molecule has 0 unspecified atom stereocenters. The third kappa shape index (κ3) is 24.7. The molecule has 0 saturated heterocycles. The van der Waals surface area contributed by atoms with E-state index in [1.54, 1.807) is 0 Å². The summed E-state index contributed by atoms with van der Waals surface area (Å²) in [6, 6.07) is 13.4. The Morgan fingerprint density at radius 2 is 0.741 bits per heavy atom. The summed E-state index contributed by atoms with van der Waals surface area (Å²) >= 11 is 0. The van der Waals surface area contributed by atoms with Crippen molar-refractivity contribution in [3.05, 3.63) is 48.0 Å². The first-order chi connectivity index (χ1) is 26.7. The van der Waals surface area contributed by atoms with E-state index in [-0.39, 0.29) is 5.91 Å². The molecule has 2 rings (SSSR count). The number of benzene rings is 2. The van der Waals surface area contributed by atoms with Crippen LogP contribution in [-0.2, 0) is 0 Å². The summed E-state index contributed by atoms with van der Waals surface area (Å²) in [5.41, 5.74) is 1.30. The number of ether oxygens (including phenoxy) is 3. The van der Waals surface area contributed by atoms with Crippen LogP contribution < -0.4 is 19.5 Å². The third-order valence-corrected chi connectivity index (χ3v) is 10.6. The highest BCUT2D eigenvalue weighted by molar-refractivity contribution is 6.05. The van der Waals surface area contributed by atoms with Crippen LogP contribution in [0.2, 0.25) is 0 Å². The molecule has 0 heterocycles. The van der Waals surface area contributed by atoms with E-state index >= 15 is 0 Å². The van der Waals surface area contributed by atoms with E-state index in [0.29, 0.717) is 42.6 Å². The number of hydrogen-bond donors (Lipinski definition) is 1. The number of para-hydroxylation sites is 1. The predicted octanol–water partition coefficient (Wildman–Crippen LogP) is 15.8. The van der Waals surface area contributed by atoms with E-state index in [2.05, 4.69) is 26.1 Å². The minimum absolute atomic E-state index is 0.171. The largest absolute Gasteiger partial charge is 0.490 e. The molecule has 0 bridgehead atoms. The van der Waals surface area contributed by atoms with Crippen LogP contribution in [0.15, 0.2) is 42.5 Å². The molecule has 0 aromatic heterocycles. The first-order valence-electron chi connectivity index (χ1n) is 23.1. The van der Waals surface area contributed by atoms with Crippen molar-refractivity contribution in [2.75, 3.05) is 25.1 Å². The smallest absolute Gasteiger partial charge is 0.255 e. The molecular weight excluding hydrogens is 667 g/mol. The molecule has 0 radical (unpaired) electrons. The molecular formula is C49H83NO4. The monoisotopic (exact) mass is 750 g/mol. The van der Waals surface area contributed by atoms with Crippen molar-refractivity contribution in [2.24, 2.45) is 0 Å². The van der Waals surface area contributed by atoms with Crippen LogP contribution in [0.3, 0.4) is 0 Å². The second kappa shape index (κ2) is 34.8. The summed E-state index contributed by atoms with van der Waals surface area (Å²) < 4.78 is 19.4. The Hall–Kier alpha value is -2.69. The summed E-state index contributed by atoms with van der Waals surface area (Å²) in [7, 11) is 0. The van der Waals surface area contributed by atoms with Crippen LogP contribution >= 0.6 is 0 Å². The standard InChI is InChI=1S/C49H83NO4/c1-4-7-10-13-16-19-22-25-28-34-39-52-46-42-44(49(51)50-45-37-32-31-33-38-45)43-47(53-40-35-29-26-23-20-17-14-11-8-5-2)48(46)54-41-36-30-27-24-21-18-15-12-9-6-3/h31-33,37-38,42-43H,4-30,34-36,39-41H2,1-3H3,(H,50,51). The van der Waals surface area contributed by atoms with E-state index in [1.165, 1.54) is 154 Å². The van der Waals surface area contributed by atoms with Gasteiger partial charge in [-0.1, -0.05) is 212 Å². The molecule has 308 valence electrons. The first-order valence-corrected chi connectivity index (χ1v) is 23.1. The Morgan fingerprint density at radius 3 is 1.09 bits per heavy atom. The Morgan fingerprint density at radius 1 is 0.426 bits per heavy atom. The summed E-state index contributed by atoms with van der Waals surface area (Å²) in [6.45, 7) is 8.66. The highest BCUT2D eigenvalue weighted by Gasteiger charge is 2.19. The van der Waals surface area contributed by atoms with Gasteiger partial charge in [-0.25, -0.2) is 0 Å². The Labute approximate surface area is 333 Å². The number of amides is 1. The lowest BCUT2D eigenvalue weighted by molar-refractivity contribution is 0.102. The molecule has 2 aromatic rings. The van der Waals surface area contributed by atoms with Crippen LogP contribution in [0.4, 0.5) is 5.69 Å². The predicted molar refractivity (Wildman–Crippen MR) is 233 cm³/mol. The van der Waals surface area contributed by atoms with Gasteiger partial charge in [0.25, 0.3) is 5.91 Å². The lowest BCUT2D eigenvalue weighted by atomic mass is 10.1. The minimum atomic E-state index is -0.171. The van der Waals surface area contributed by atoms with E-state index in [0.717, 1.165) is 44.2 Å². The number of rotatable bonds is 38. The third-order valence-electron chi connectivity index (χ3n) is 10.6. The van der Waals surface area contributed by atoms with Gasteiger partial charge in [-0.3, -0.25) is 4.79 Å². The van der Waals surface area contributed by atoms with E-state index < -0.39 is 0 Å². The van der Waals surface area contributed by atoms with E-state index in [9.17, 15) is 4.79 Å². The van der Waals surface area contributed by atoms with Crippen molar-refractivity contribution < 1.29 is 19.0 Å². The Balaban J connectivity index is 2.02. The number of unbranched alkanes of at least 4 members (excludes halogenated alkanes) is 27. The zero-order valence-electron chi connectivity index (χ0n) is 35.5. The van der Waals surface area contributed by atoms with Crippen molar-refractivity contribution >= 4 is 11.6 Å². The van der Waals surface area contributed by atoms with Gasteiger partial charge in [0.2, 0.25) is 5.75 Å². The lowest BCUT2D eigenvalue weighted by Crippen LogP contribution is -2.14. The maximum absolute atomic E-state index is 13.5.